The lowest BCUT2D eigenvalue weighted by Crippen LogP contribution is -2.59. The van der Waals surface area contributed by atoms with E-state index >= 15 is 0 Å². The summed E-state index contributed by atoms with van der Waals surface area (Å²) in [7, 11) is -3.21. The Morgan fingerprint density at radius 1 is 1.13 bits per heavy atom. The summed E-state index contributed by atoms with van der Waals surface area (Å²) in [5.74, 6) is -0.0674. The van der Waals surface area contributed by atoms with Gasteiger partial charge in [0.15, 0.2) is 0 Å². The van der Waals surface area contributed by atoms with Crippen molar-refractivity contribution < 1.29 is 13.2 Å². The first kappa shape index (κ1) is 16.4. The maximum atomic E-state index is 12.5. The minimum absolute atomic E-state index is 0.0674. The molecule has 1 spiro atoms. The molecular formula is C16H23N3O3S. The SMILES string of the molecule is CS(=O)(=O)N1CCCCC12CCN(C(=O)c1ccccn1)CC2. The molecule has 0 atom stereocenters. The summed E-state index contributed by atoms with van der Waals surface area (Å²) in [6.07, 6.45) is 7.20. The largest absolute Gasteiger partial charge is 0.337 e. The average Bonchev–Trinajstić information content (AvgIpc) is 2.55. The van der Waals surface area contributed by atoms with Crippen LogP contribution in [0.3, 0.4) is 0 Å². The van der Waals surface area contributed by atoms with Gasteiger partial charge in [-0.15, -0.1) is 0 Å². The minimum Gasteiger partial charge on any atom is -0.337 e. The highest BCUT2D eigenvalue weighted by Gasteiger charge is 2.46. The van der Waals surface area contributed by atoms with E-state index in [4.69, 9.17) is 0 Å². The van der Waals surface area contributed by atoms with Crippen molar-refractivity contribution in [1.82, 2.24) is 14.2 Å². The van der Waals surface area contributed by atoms with Gasteiger partial charge in [-0.2, -0.15) is 4.31 Å². The third kappa shape index (κ3) is 3.26. The number of hydrogen-bond acceptors (Lipinski definition) is 4. The number of hydrogen-bond donors (Lipinski definition) is 0. The van der Waals surface area contributed by atoms with Crippen LogP contribution in [0.1, 0.15) is 42.6 Å². The van der Waals surface area contributed by atoms with Gasteiger partial charge >= 0.3 is 0 Å². The van der Waals surface area contributed by atoms with Crippen molar-refractivity contribution in [2.24, 2.45) is 0 Å². The van der Waals surface area contributed by atoms with Gasteiger partial charge in [-0.1, -0.05) is 12.5 Å². The van der Waals surface area contributed by atoms with E-state index in [2.05, 4.69) is 4.98 Å². The maximum Gasteiger partial charge on any atom is 0.272 e. The van der Waals surface area contributed by atoms with Crippen molar-refractivity contribution >= 4 is 15.9 Å². The minimum atomic E-state index is -3.21. The third-order valence-corrected chi connectivity index (χ3v) is 6.42. The normalized spacial score (nSPS) is 22.2. The summed E-state index contributed by atoms with van der Waals surface area (Å²) >= 11 is 0. The van der Waals surface area contributed by atoms with Gasteiger partial charge < -0.3 is 4.90 Å². The molecule has 3 rings (SSSR count). The van der Waals surface area contributed by atoms with Crippen molar-refractivity contribution in [3.8, 4) is 0 Å². The van der Waals surface area contributed by atoms with Crippen LogP contribution in [-0.4, -0.2) is 59.9 Å². The molecule has 2 saturated heterocycles. The Hall–Kier alpha value is -1.47. The molecule has 1 amide bonds. The zero-order valence-electron chi connectivity index (χ0n) is 13.4. The molecule has 1 aromatic heterocycles. The molecule has 23 heavy (non-hydrogen) atoms. The second-order valence-electron chi connectivity index (χ2n) is 6.52. The van der Waals surface area contributed by atoms with Gasteiger partial charge in [0.25, 0.3) is 5.91 Å². The van der Waals surface area contributed by atoms with E-state index in [1.165, 1.54) is 6.26 Å². The van der Waals surface area contributed by atoms with Crippen LogP contribution in [0.15, 0.2) is 24.4 Å². The number of pyridine rings is 1. The number of rotatable bonds is 2. The van der Waals surface area contributed by atoms with E-state index in [0.29, 0.717) is 38.2 Å². The zero-order chi connectivity index (χ0) is 16.5. The van der Waals surface area contributed by atoms with Gasteiger partial charge in [-0.05, 0) is 37.8 Å². The van der Waals surface area contributed by atoms with Crippen LogP contribution in [0.5, 0.6) is 0 Å². The molecular weight excluding hydrogens is 314 g/mol. The number of sulfonamides is 1. The lowest BCUT2D eigenvalue weighted by atomic mass is 9.80. The van der Waals surface area contributed by atoms with E-state index in [-0.39, 0.29) is 11.4 Å². The number of piperidine rings is 2. The molecule has 2 aliphatic rings. The van der Waals surface area contributed by atoms with Crippen molar-refractivity contribution in [1.29, 1.82) is 0 Å². The number of amides is 1. The Morgan fingerprint density at radius 2 is 1.87 bits per heavy atom. The number of likely N-dealkylation sites (tertiary alicyclic amines) is 1. The van der Waals surface area contributed by atoms with Gasteiger partial charge in [0, 0.05) is 31.4 Å². The predicted molar refractivity (Wildman–Crippen MR) is 87.5 cm³/mol. The highest BCUT2D eigenvalue weighted by atomic mass is 32.2. The molecule has 0 aliphatic carbocycles. The standard InChI is InChI=1S/C16H23N3O3S/c1-23(21,22)19-11-5-3-7-16(19)8-12-18(13-9-16)15(20)14-6-2-4-10-17-14/h2,4,6,10H,3,5,7-9,11-13H2,1H3. The van der Waals surface area contributed by atoms with Crippen LogP contribution < -0.4 is 0 Å². The van der Waals surface area contributed by atoms with Crippen molar-refractivity contribution in [2.75, 3.05) is 25.9 Å². The topological polar surface area (TPSA) is 70.6 Å². The number of nitrogens with zero attached hydrogens (tertiary/aromatic N) is 3. The predicted octanol–water partition coefficient (Wildman–Crippen LogP) is 1.50. The van der Waals surface area contributed by atoms with Crippen LogP contribution in [0.2, 0.25) is 0 Å². The Morgan fingerprint density at radius 3 is 2.48 bits per heavy atom. The molecule has 0 radical (unpaired) electrons. The first-order valence-corrected chi connectivity index (χ1v) is 9.95. The molecule has 126 valence electrons. The summed E-state index contributed by atoms with van der Waals surface area (Å²) in [6.45, 7) is 1.77. The molecule has 1 aromatic rings. The van der Waals surface area contributed by atoms with Gasteiger partial charge in [0.1, 0.15) is 5.69 Å². The van der Waals surface area contributed by atoms with Gasteiger partial charge in [-0.3, -0.25) is 9.78 Å². The molecule has 6 nitrogen and oxygen atoms in total. The second-order valence-corrected chi connectivity index (χ2v) is 8.43. The van der Waals surface area contributed by atoms with Crippen molar-refractivity contribution in [3.05, 3.63) is 30.1 Å². The Balaban J connectivity index is 1.73. The van der Waals surface area contributed by atoms with E-state index in [0.717, 1.165) is 19.3 Å². The van der Waals surface area contributed by atoms with Crippen molar-refractivity contribution in [2.45, 2.75) is 37.6 Å². The molecule has 0 aromatic carbocycles. The average molecular weight is 337 g/mol. The Kier molecular flexibility index (Phi) is 4.42. The van der Waals surface area contributed by atoms with Crippen molar-refractivity contribution in [3.63, 3.8) is 0 Å². The van der Waals surface area contributed by atoms with Crippen LogP contribution in [0.25, 0.3) is 0 Å². The summed E-state index contributed by atoms with van der Waals surface area (Å²) in [5, 5.41) is 0. The van der Waals surface area contributed by atoms with Gasteiger partial charge in [0.2, 0.25) is 10.0 Å². The quantitative estimate of drug-likeness (QED) is 0.820. The molecule has 7 heteroatoms. The summed E-state index contributed by atoms with van der Waals surface area (Å²) in [5.41, 5.74) is 0.152. The van der Waals surface area contributed by atoms with Crippen LogP contribution in [0, 0.1) is 0 Å². The number of aromatic nitrogens is 1. The smallest absolute Gasteiger partial charge is 0.272 e. The third-order valence-electron chi connectivity index (χ3n) is 5.05. The lowest BCUT2D eigenvalue weighted by molar-refractivity contribution is 0.0387. The first-order valence-electron chi connectivity index (χ1n) is 8.11. The second kappa shape index (κ2) is 6.20. The lowest BCUT2D eigenvalue weighted by Gasteiger charge is -2.50. The molecule has 2 fully saturated rings. The van der Waals surface area contributed by atoms with Crippen LogP contribution in [0.4, 0.5) is 0 Å². The monoisotopic (exact) mass is 337 g/mol. The van der Waals surface area contributed by atoms with Gasteiger partial charge in [-0.25, -0.2) is 8.42 Å². The molecule has 0 bridgehead atoms. The molecule has 0 saturated carbocycles. The van der Waals surface area contributed by atoms with E-state index in [1.807, 2.05) is 0 Å². The zero-order valence-corrected chi connectivity index (χ0v) is 14.3. The Bertz CT molecular complexity index is 667. The summed E-state index contributed by atoms with van der Waals surface area (Å²) in [4.78, 5) is 18.4. The van der Waals surface area contributed by atoms with Crippen LogP contribution >= 0.6 is 0 Å². The number of carbonyl (C=O) groups excluding carboxylic acids is 1. The number of carbonyl (C=O) groups is 1. The fourth-order valence-corrected chi connectivity index (χ4v) is 5.30. The molecule has 0 N–H and O–H groups in total. The molecule has 2 aliphatic heterocycles. The highest BCUT2D eigenvalue weighted by molar-refractivity contribution is 7.88. The van der Waals surface area contributed by atoms with E-state index in [1.54, 1.807) is 33.6 Å². The molecule has 0 unspecified atom stereocenters. The Labute approximate surface area is 137 Å². The van der Waals surface area contributed by atoms with E-state index < -0.39 is 10.0 Å². The first-order chi connectivity index (χ1) is 10.9. The summed E-state index contributed by atoms with van der Waals surface area (Å²) in [6, 6.07) is 5.31. The summed E-state index contributed by atoms with van der Waals surface area (Å²) < 4.78 is 26.0. The fourth-order valence-electron chi connectivity index (χ4n) is 3.87. The maximum absolute atomic E-state index is 12.5. The highest BCUT2D eigenvalue weighted by Crippen LogP contribution is 2.39. The fraction of sp³-hybridized carbons (Fsp3) is 0.625. The van der Waals surface area contributed by atoms with Gasteiger partial charge in [0.05, 0.1) is 6.26 Å². The molecule has 3 heterocycles. The van der Waals surface area contributed by atoms with Crippen LogP contribution in [-0.2, 0) is 10.0 Å². The van der Waals surface area contributed by atoms with E-state index in [9.17, 15) is 13.2 Å².